The summed E-state index contributed by atoms with van der Waals surface area (Å²) in [6.07, 6.45) is 0.654. The monoisotopic (exact) mass is 489 g/mol. The molecule has 0 aliphatic rings. The topological polar surface area (TPSA) is 77.8 Å². The maximum Gasteiger partial charge on any atom is 0.323 e. The zero-order valence-electron chi connectivity index (χ0n) is 10.2. The number of benzene rings is 1. The molecule has 104 valence electrons. The Morgan fingerprint density at radius 2 is 1.95 bits per heavy atom. The second kappa shape index (κ2) is 7.27. The Balaban J connectivity index is 3.12. The average Bonchev–Trinajstić information content (AvgIpc) is 2.32. The molecule has 0 fully saturated rings. The van der Waals surface area contributed by atoms with Gasteiger partial charge in [0.1, 0.15) is 12.3 Å². The van der Waals surface area contributed by atoms with Gasteiger partial charge in [0.2, 0.25) is 0 Å². The first-order chi connectivity index (χ1) is 8.86. The van der Waals surface area contributed by atoms with Crippen LogP contribution in [-0.2, 0) is 4.79 Å². The molecule has 0 aliphatic heterocycles. The van der Waals surface area contributed by atoms with E-state index < -0.39 is 11.9 Å². The third-order valence-corrected chi connectivity index (χ3v) is 3.81. The highest BCUT2D eigenvalue weighted by molar-refractivity contribution is 14.1. The van der Waals surface area contributed by atoms with E-state index in [9.17, 15) is 14.7 Å². The van der Waals surface area contributed by atoms with Crippen LogP contribution in [-0.4, -0.2) is 40.1 Å². The van der Waals surface area contributed by atoms with Crippen molar-refractivity contribution in [3.05, 3.63) is 24.8 Å². The summed E-state index contributed by atoms with van der Waals surface area (Å²) >= 11 is 3.99. The van der Waals surface area contributed by atoms with Crippen molar-refractivity contribution < 1.29 is 19.8 Å². The number of hydrogen-bond acceptors (Lipinski definition) is 3. The number of nitrogens with zero attached hydrogens (tertiary/aromatic N) is 1. The van der Waals surface area contributed by atoms with E-state index in [1.54, 1.807) is 12.1 Å². The predicted octanol–water partition coefficient (Wildman–Crippen LogP) is 2.54. The summed E-state index contributed by atoms with van der Waals surface area (Å²) < 4.78 is 1.38. The van der Waals surface area contributed by atoms with Crippen LogP contribution in [0.15, 0.2) is 12.1 Å². The fourth-order valence-corrected chi connectivity index (χ4v) is 3.43. The number of phenolic OH excluding ortho intramolecular Hbond substituents is 1. The van der Waals surface area contributed by atoms with Gasteiger partial charge in [-0.2, -0.15) is 0 Å². The minimum absolute atomic E-state index is 0.0995. The van der Waals surface area contributed by atoms with Gasteiger partial charge >= 0.3 is 5.97 Å². The van der Waals surface area contributed by atoms with Gasteiger partial charge in [-0.3, -0.25) is 9.59 Å². The van der Waals surface area contributed by atoms with Crippen molar-refractivity contribution >= 4 is 57.1 Å². The fraction of sp³-hybridized carbons (Fsp3) is 0.333. The lowest BCUT2D eigenvalue weighted by atomic mass is 10.1. The van der Waals surface area contributed by atoms with Gasteiger partial charge < -0.3 is 15.1 Å². The standard InChI is InChI=1S/C12H13I2NO4/c1-2-3-15(6-10(16)17)12(19)8-4-7(13)5-9(14)11(8)18/h4-5,18H,2-3,6H2,1H3,(H,16,17). The minimum atomic E-state index is -1.07. The van der Waals surface area contributed by atoms with E-state index in [4.69, 9.17) is 5.11 Å². The molecule has 5 nitrogen and oxygen atoms in total. The predicted molar refractivity (Wildman–Crippen MR) is 87.4 cm³/mol. The number of phenols is 1. The second-order valence-electron chi connectivity index (χ2n) is 3.90. The molecule has 0 saturated carbocycles. The Kier molecular flexibility index (Phi) is 6.30. The molecular formula is C12H13I2NO4. The Morgan fingerprint density at radius 3 is 2.47 bits per heavy atom. The summed E-state index contributed by atoms with van der Waals surface area (Å²) in [4.78, 5) is 24.3. The molecule has 2 N–H and O–H groups in total. The smallest absolute Gasteiger partial charge is 0.323 e. The first-order valence-corrected chi connectivity index (χ1v) is 7.71. The van der Waals surface area contributed by atoms with Gasteiger partial charge in [-0.05, 0) is 63.7 Å². The molecule has 7 heteroatoms. The number of carboxylic acid groups (broad SMARTS) is 1. The van der Waals surface area contributed by atoms with Crippen molar-refractivity contribution in [2.45, 2.75) is 13.3 Å². The molecule has 0 bridgehead atoms. The van der Waals surface area contributed by atoms with Crippen molar-refractivity contribution in [1.29, 1.82) is 0 Å². The van der Waals surface area contributed by atoms with Crippen LogP contribution >= 0.6 is 45.2 Å². The lowest BCUT2D eigenvalue weighted by Gasteiger charge is -2.20. The van der Waals surface area contributed by atoms with Crippen LogP contribution < -0.4 is 0 Å². The Labute approximate surface area is 138 Å². The molecule has 1 amide bonds. The third kappa shape index (κ3) is 4.48. The van der Waals surface area contributed by atoms with Crippen LogP contribution in [0.4, 0.5) is 0 Å². The maximum absolute atomic E-state index is 12.3. The Morgan fingerprint density at radius 1 is 1.32 bits per heavy atom. The summed E-state index contributed by atoms with van der Waals surface area (Å²) in [5, 5.41) is 18.8. The van der Waals surface area contributed by atoms with E-state index in [0.717, 1.165) is 3.57 Å². The van der Waals surface area contributed by atoms with Crippen molar-refractivity contribution in [2.75, 3.05) is 13.1 Å². The number of aliphatic carboxylic acids is 1. The number of amides is 1. The van der Waals surface area contributed by atoms with Gasteiger partial charge in [-0.1, -0.05) is 6.92 Å². The molecule has 0 spiro atoms. The largest absolute Gasteiger partial charge is 0.506 e. The van der Waals surface area contributed by atoms with E-state index in [1.807, 2.05) is 52.1 Å². The fourth-order valence-electron chi connectivity index (χ4n) is 1.58. The zero-order valence-corrected chi connectivity index (χ0v) is 14.5. The number of halogens is 2. The van der Waals surface area contributed by atoms with Crippen molar-refractivity contribution in [3.63, 3.8) is 0 Å². The Hall–Kier alpha value is -0.580. The van der Waals surface area contributed by atoms with Crippen LogP contribution in [0, 0.1) is 7.14 Å². The number of carbonyl (C=O) groups is 2. The summed E-state index contributed by atoms with van der Waals surface area (Å²) in [7, 11) is 0. The molecular weight excluding hydrogens is 476 g/mol. The zero-order chi connectivity index (χ0) is 14.6. The van der Waals surface area contributed by atoms with E-state index in [-0.39, 0.29) is 17.9 Å². The van der Waals surface area contributed by atoms with Crippen LogP contribution in [0.2, 0.25) is 0 Å². The quantitative estimate of drug-likeness (QED) is 0.624. The Bertz CT molecular complexity index is 505. The molecule has 0 heterocycles. The highest BCUT2D eigenvalue weighted by Gasteiger charge is 2.22. The first kappa shape index (κ1) is 16.5. The SMILES string of the molecule is CCCN(CC(=O)O)C(=O)c1cc(I)cc(I)c1O. The number of hydrogen-bond donors (Lipinski definition) is 2. The molecule has 1 aromatic carbocycles. The summed E-state index contributed by atoms with van der Waals surface area (Å²) in [5.74, 6) is -1.63. The number of aromatic hydroxyl groups is 1. The summed E-state index contributed by atoms with van der Waals surface area (Å²) in [5.41, 5.74) is 0.144. The van der Waals surface area contributed by atoms with E-state index >= 15 is 0 Å². The van der Waals surface area contributed by atoms with Gasteiger partial charge in [0, 0.05) is 10.1 Å². The lowest BCUT2D eigenvalue weighted by Crippen LogP contribution is -2.36. The highest BCUT2D eigenvalue weighted by atomic mass is 127. The molecule has 1 rings (SSSR count). The van der Waals surface area contributed by atoms with Crippen LogP contribution in [0.1, 0.15) is 23.7 Å². The van der Waals surface area contributed by atoms with Crippen molar-refractivity contribution in [3.8, 4) is 5.75 Å². The first-order valence-electron chi connectivity index (χ1n) is 5.55. The molecule has 0 aromatic heterocycles. The van der Waals surface area contributed by atoms with E-state index in [1.165, 1.54) is 4.90 Å². The lowest BCUT2D eigenvalue weighted by molar-refractivity contribution is -0.137. The van der Waals surface area contributed by atoms with Crippen molar-refractivity contribution in [2.24, 2.45) is 0 Å². The van der Waals surface area contributed by atoms with E-state index in [2.05, 4.69) is 0 Å². The molecule has 0 unspecified atom stereocenters. The highest BCUT2D eigenvalue weighted by Crippen LogP contribution is 2.28. The third-order valence-electron chi connectivity index (χ3n) is 2.37. The molecule has 19 heavy (non-hydrogen) atoms. The van der Waals surface area contributed by atoms with Gasteiger partial charge in [0.15, 0.2) is 0 Å². The average molecular weight is 489 g/mol. The minimum Gasteiger partial charge on any atom is -0.506 e. The van der Waals surface area contributed by atoms with Gasteiger partial charge in [-0.15, -0.1) is 0 Å². The number of rotatable bonds is 5. The van der Waals surface area contributed by atoms with Gasteiger partial charge in [-0.25, -0.2) is 0 Å². The molecule has 0 saturated heterocycles. The molecule has 0 aliphatic carbocycles. The normalized spacial score (nSPS) is 10.3. The maximum atomic E-state index is 12.3. The van der Waals surface area contributed by atoms with Crippen LogP contribution in [0.3, 0.4) is 0 Å². The van der Waals surface area contributed by atoms with Gasteiger partial charge in [0.05, 0.1) is 9.13 Å². The van der Waals surface area contributed by atoms with E-state index in [0.29, 0.717) is 16.5 Å². The summed E-state index contributed by atoms with van der Waals surface area (Å²) in [6, 6.07) is 3.31. The molecule has 0 atom stereocenters. The second-order valence-corrected chi connectivity index (χ2v) is 6.31. The number of carboxylic acids is 1. The van der Waals surface area contributed by atoms with Crippen LogP contribution in [0.5, 0.6) is 5.75 Å². The molecule has 1 aromatic rings. The summed E-state index contributed by atoms with van der Waals surface area (Å²) in [6.45, 7) is 1.83. The van der Waals surface area contributed by atoms with Gasteiger partial charge in [0.25, 0.3) is 5.91 Å². The van der Waals surface area contributed by atoms with Crippen LogP contribution in [0.25, 0.3) is 0 Å². The molecule has 0 radical (unpaired) electrons. The van der Waals surface area contributed by atoms with Crippen molar-refractivity contribution in [1.82, 2.24) is 4.90 Å². The number of carbonyl (C=O) groups excluding carboxylic acids is 1.